The normalized spacial score (nSPS) is 25.8. The Hall–Kier alpha value is -2.37. The molecule has 0 bridgehead atoms. The Bertz CT molecular complexity index is 776. The second-order valence-electron chi connectivity index (χ2n) is 8.64. The number of likely N-dealkylation sites (tertiary alicyclic amines) is 1. The van der Waals surface area contributed by atoms with E-state index >= 15 is 0 Å². The number of benzene rings is 1. The van der Waals surface area contributed by atoms with Crippen molar-refractivity contribution >= 4 is 17.7 Å². The standard InChI is InChI=1S/C23H30N2O4/c1-29-17-8-6-7-16(15-17)23(12-4-5-13-23)24-20(26)11-14-25-21(27)18-9-2-3-10-19(18)22(25)28/h6-8,15,18-19H,2-5,9-14H2,1H3,(H,24,26)/t18-,19-/m0/s1. The van der Waals surface area contributed by atoms with Gasteiger partial charge in [0.25, 0.3) is 0 Å². The number of fused-ring (bicyclic) bond motifs is 1. The fraction of sp³-hybridized carbons (Fsp3) is 0.609. The average molecular weight is 399 g/mol. The van der Waals surface area contributed by atoms with Crippen LogP contribution in [0.3, 0.4) is 0 Å². The summed E-state index contributed by atoms with van der Waals surface area (Å²) >= 11 is 0. The van der Waals surface area contributed by atoms with Gasteiger partial charge in [0.2, 0.25) is 17.7 Å². The lowest BCUT2D eigenvalue weighted by atomic mass is 9.81. The molecule has 1 heterocycles. The Morgan fingerprint density at radius 2 is 1.76 bits per heavy atom. The van der Waals surface area contributed by atoms with Gasteiger partial charge in [-0.2, -0.15) is 0 Å². The first-order chi connectivity index (χ1) is 14.0. The molecule has 2 saturated carbocycles. The molecule has 0 radical (unpaired) electrons. The van der Waals surface area contributed by atoms with Crippen molar-refractivity contribution in [3.63, 3.8) is 0 Å². The van der Waals surface area contributed by atoms with Gasteiger partial charge in [0, 0.05) is 13.0 Å². The summed E-state index contributed by atoms with van der Waals surface area (Å²) in [6, 6.07) is 7.87. The molecule has 29 heavy (non-hydrogen) atoms. The van der Waals surface area contributed by atoms with Crippen LogP contribution in [0.1, 0.15) is 63.4 Å². The van der Waals surface area contributed by atoms with Gasteiger partial charge in [0.05, 0.1) is 24.5 Å². The summed E-state index contributed by atoms with van der Waals surface area (Å²) in [6.07, 6.45) is 7.68. The van der Waals surface area contributed by atoms with Crippen molar-refractivity contribution in [1.29, 1.82) is 0 Å². The number of nitrogens with zero attached hydrogens (tertiary/aromatic N) is 1. The quantitative estimate of drug-likeness (QED) is 0.747. The SMILES string of the molecule is COc1cccc(C2(NC(=O)CCN3C(=O)[C@H]4CCCC[C@@H]4C3=O)CCCC2)c1. The van der Waals surface area contributed by atoms with Crippen LogP contribution in [0.4, 0.5) is 0 Å². The first-order valence-corrected chi connectivity index (χ1v) is 10.8. The average Bonchev–Trinajstić information content (AvgIpc) is 3.31. The summed E-state index contributed by atoms with van der Waals surface area (Å²) in [5.41, 5.74) is 0.667. The molecule has 156 valence electrons. The van der Waals surface area contributed by atoms with Gasteiger partial charge in [-0.15, -0.1) is 0 Å². The Labute approximate surface area is 172 Å². The van der Waals surface area contributed by atoms with Gasteiger partial charge in [-0.25, -0.2) is 0 Å². The van der Waals surface area contributed by atoms with Crippen LogP contribution in [0.2, 0.25) is 0 Å². The number of carbonyl (C=O) groups excluding carboxylic acids is 3. The number of nitrogens with one attached hydrogen (secondary N) is 1. The Balaban J connectivity index is 1.41. The third-order valence-electron chi connectivity index (χ3n) is 6.95. The molecule has 1 aromatic rings. The molecule has 4 rings (SSSR count). The predicted molar refractivity (Wildman–Crippen MR) is 108 cm³/mol. The van der Waals surface area contributed by atoms with Crippen molar-refractivity contribution in [2.24, 2.45) is 11.8 Å². The maximum Gasteiger partial charge on any atom is 0.233 e. The van der Waals surface area contributed by atoms with Gasteiger partial charge in [0.1, 0.15) is 5.75 Å². The lowest BCUT2D eigenvalue weighted by Gasteiger charge is -2.31. The van der Waals surface area contributed by atoms with Gasteiger partial charge in [-0.3, -0.25) is 19.3 Å². The van der Waals surface area contributed by atoms with Crippen molar-refractivity contribution < 1.29 is 19.1 Å². The summed E-state index contributed by atoms with van der Waals surface area (Å²) in [5, 5.41) is 3.23. The second-order valence-corrected chi connectivity index (χ2v) is 8.64. The molecule has 6 heteroatoms. The van der Waals surface area contributed by atoms with Crippen LogP contribution < -0.4 is 10.1 Å². The van der Waals surface area contributed by atoms with E-state index in [9.17, 15) is 14.4 Å². The molecule has 0 aromatic heterocycles. The predicted octanol–water partition coefficient (Wildman–Crippen LogP) is 3.15. The number of hydrogen-bond acceptors (Lipinski definition) is 4. The fourth-order valence-corrected chi connectivity index (χ4v) is 5.38. The summed E-state index contributed by atoms with van der Waals surface area (Å²) in [7, 11) is 1.64. The molecule has 3 fully saturated rings. The zero-order valence-corrected chi connectivity index (χ0v) is 17.1. The lowest BCUT2D eigenvalue weighted by Crippen LogP contribution is -2.45. The van der Waals surface area contributed by atoms with E-state index in [-0.39, 0.29) is 42.5 Å². The number of rotatable bonds is 6. The van der Waals surface area contributed by atoms with Crippen molar-refractivity contribution in [3.05, 3.63) is 29.8 Å². The molecule has 1 aliphatic heterocycles. The molecule has 1 N–H and O–H groups in total. The van der Waals surface area contributed by atoms with Crippen LogP contribution >= 0.6 is 0 Å². The van der Waals surface area contributed by atoms with Crippen molar-refractivity contribution in [1.82, 2.24) is 10.2 Å². The second kappa shape index (κ2) is 8.17. The number of ether oxygens (including phenoxy) is 1. The Morgan fingerprint density at radius 1 is 1.10 bits per heavy atom. The van der Waals surface area contributed by atoms with E-state index in [2.05, 4.69) is 5.32 Å². The zero-order valence-electron chi connectivity index (χ0n) is 17.1. The first-order valence-electron chi connectivity index (χ1n) is 10.8. The molecule has 1 aromatic carbocycles. The van der Waals surface area contributed by atoms with E-state index in [4.69, 9.17) is 4.74 Å². The molecule has 2 atom stereocenters. The van der Waals surface area contributed by atoms with Crippen LogP contribution in [0.5, 0.6) is 5.75 Å². The highest BCUT2D eigenvalue weighted by atomic mass is 16.5. The van der Waals surface area contributed by atoms with E-state index in [1.807, 2.05) is 24.3 Å². The molecule has 0 unspecified atom stereocenters. The molecule has 2 aliphatic carbocycles. The van der Waals surface area contributed by atoms with Gasteiger partial charge >= 0.3 is 0 Å². The smallest absolute Gasteiger partial charge is 0.233 e. The number of carbonyl (C=O) groups is 3. The highest BCUT2D eigenvalue weighted by Crippen LogP contribution is 2.40. The van der Waals surface area contributed by atoms with E-state index in [1.54, 1.807) is 7.11 Å². The molecule has 3 aliphatic rings. The lowest BCUT2D eigenvalue weighted by molar-refractivity contribution is -0.140. The van der Waals surface area contributed by atoms with Crippen LogP contribution in [0.25, 0.3) is 0 Å². The van der Waals surface area contributed by atoms with E-state index in [1.165, 1.54) is 4.90 Å². The van der Waals surface area contributed by atoms with Crippen molar-refractivity contribution in [2.45, 2.75) is 63.3 Å². The minimum absolute atomic E-state index is 0.0733. The van der Waals surface area contributed by atoms with E-state index in [0.717, 1.165) is 62.7 Å². The molecular formula is C23H30N2O4. The van der Waals surface area contributed by atoms with Crippen molar-refractivity contribution in [2.75, 3.05) is 13.7 Å². The topological polar surface area (TPSA) is 75.7 Å². The fourth-order valence-electron chi connectivity index (χ4n) is 5.38. The van der Waals surface area contributed by atoms with E-state index < -0.39 is 5.54 Å². The Morgan fingerprint density at radius 3 is 2.38 bits per heavy atom. The minimum Gasteiger partial charge on any atom is -0.497 e. The summed E-state index contributed by atoms with van der Waals surface area (Å²) in [5.74, 6) is 0.213. The largest absolute Gasteiger partial charge is 0.497 e. The van der Waals surface area contributed by atoms with E-state index in [0.29, 0.717) is 0 Å². The number of imide groups is 1. The third-order valence-corrected chi connectivity index (χ3v) is 6.95. The summed E-state index contributed by atoms with van der Waals surface area (Å²) in [4.78, 5) is 39.4. The number of amides is 3. The molecule has 0 spiro atoms. The number of methoxy groups -OCH3 is 1. The third kappa shape index (κ3) is 3.77. The van der Waals surface area contributed by atoms with Crippen LogP contribution in [0.15, 0.2) is 24.3 Å². The van der Waals surface area contributed by atoms with Gasteiger partial charge < -0.3 is 10.1 Å². The number of hydrogen-bond donors (Lipinski definition) is 1. The zero-order chi connectivity index (χ0) is 20.4. The summed E-state index contributed by atoms with van der Waals surface area (Å²) < 4.78 is 5.36. The van der Waals surface area contributed by atoms with Gasteiger partial charge in [-0.05, 0) is 43.4 Å². The van der Waals surface area contributed by atoms with Crippen LogP contribution in [-0.4, -0.2) is 36.3 Å². The van der Waals surface area contributed by atoms with Gasteiger partial charge in [0.15, 0.2) is 0 Å². The molecule has 3 amide bonds. The molecule has 1 saturated heterocycles. The minimum atomic E-state index is -0.390. The maximum atomic E-state index is 12.8. The highest BCUT2D eigenvalue weighted by molar-refractivity contribution is 6.05. The maximum absolute atomic E-state index is 12.8. The highest BCUT2D eigenvalue weighted by Gasteiger charge is 2.48. The van der Waals surface area contributed by atoms with Crippen molar-refractivity contribution in [3.8, 4) is 5.75 Å². The molecule has 6 nitrogen and oxygen atoms in total. The molecular weight excluding hydrogens is 368 g/mol. The van der Waals surface area contributed by atoms with Crippen LogP contribution in [-0.2, 0) is 19.9 Å². The van der Waals surface area contributed by atoms with Gasteiger partial charge in [-0.1, -0.05) is 37.8 Å². The van der Waals surface area contributed by atoms with Crippen LogP contribution in [0, 0.1) is 11.8 Å². The summed E-state index contributed by atoms with van der Waals surface area (Å²) in [6.45, 7) is 0.185. The Kier molecular flexibility index (Phi) is 5.61. The first kappa shape index (κ1) is 19.9. The monoisotopic (exact) mass is 398 g/mol.